The highest BCUT2D eigenvalue weighted by atomic mass is 19.3. The molecule has 4 nitrogen and oxygen atoms in total. The Labute approximate surface area is 153 Å². The maximum atomic E-state index is 12.9. The molecule has 0 amide bonds. The summed E-state index contributed by atoms with van der Waals surface area (Å²) < 4.78 is 109. The second kappa shape index (κ2) is 8.57. The van der Waals surface area contributed by atoms with Crippen LogP contribution in [-0.2, 0) is 0 Å². The van der Waals surface area contributed by atoms with Gasteiger partial charge in [0.25, 0.3) is 0 Å². The average Bonchev–Trinajstić information content (AvgIpc) is 2.65. The van der Waals surface area contributed by atoms with Crippen LogP contribution in [0.15, 0.2) is 36.4 Å². The van der Waals surface area contributed by atoms with E-state index in [1.54, 1.807) is 0 Å². The molecule has 0 spiro atoms. The van der Waals surface area contributed by atoms with Gasteiger partial charge in [-0.25, -0.2) is 27.5 Å². The van der Waals surface area contributed by atoms with Gasteiger partial charge in [0.05, 0.1) is 11.4 Å². The van der Waals surface area contributed by atoms with Crippen LogP contribution < -0.4 is 9.47 Å². The maximum absolute atomic E-state index is 12.9. The lowest BCUT2D eigenvalue weighted by Gasteiger charge is -2.16. The summed E-state index contributed by atoms with van der Waals surface area (Å²) in [4.78, 5) is 7.59. The smallest absolute Gasteiger partial charge is 0.340 e. The third-order valence-corrected chi connectivity index (χ3v) is 3.17. The Morgan fingerprint density at radius 3 is 1.36 bits per heavy atom. The first-order valence-electron chi connectivity index (χ1n) is 7.53. The third kappa shape index (κ3) is 5.67. The summed E-state index contributed by atoms with van der Waals surface area (Å²) in [6.45, 7) is -3.22. The zero-order valence-electron chi connectivity index (χ0n) is 13.8. The molecule has 2 heterocycles. The lowest BCUT2D eigenvalue weighted by Crippen LogP contribution is -2.34. The van der Waals surface area contributed by atoms with Gasteiger partial charge in [0.1, 0.15) is 0 Å². The van der Waals surface area contributed by atoms with E-state index in [4.69, 9.17) is 0 Å². The van der Waals surface area contributed by atoms with E-state index in [1.807, 2.05) is 0 Å². The van der Waals surface area contributed by atoms with E-state index in [0.29, 0.717) is 0 Å². The van der Waals surface area contributed by atoms with Crippen molar-refractivity contribution >= 4 is 0 Å². The zero-order chi connectivity index (χ0) is 20.9. The Morgan fingerprint density at radius 2 is 1.04 bits per heavy atom. The molecule has 0 aliphatic rings. The first-order chi connectivity index (χ1) is 13.0. The number of ether oxygens (including phenoxy) is 2. The van der Waals surface area contributed by atoms with E-state index in [0.717, 1.165) is 12.1 Å². The quantitative estimate of drug-likeness (QED) is 0.556. The molecule has 12 heteroatoms. The standard InChI is InChI=1S/C16H12F8N2O2/c17-13(18)15(21,22)7-27-11-5-1-3-9(25-11)10-4-2-6-12(26-10)28-8-16(23,24)14(19)20/h1-6,13-14H,7-8H2. The van der Waals surface area contributed by atoms with Crippen LogP contribution in [0.2, 0.25) is 0 Å². The Balaban J connectivity index is 2.11. The minimum atomic E-state index is -4.38. The molecule has 0 atom stereocenters. The second-order valence-electron chi connectivity index (χ2n) is 5.42. The van der Waals surface area contributed by atoms with Gasteiger partial charge < -0.3 is 9.47 Å². The Morgan fingerprint density at radius 1 is 0.679 bits per heavy atom. The zero-order valence-corrected chi connectivity index (χ0v) is 13.8. The minimum Gasteiger partial charge on any atom is -0.471 e. The predicted octanol–water partition coefficient (Wildman–Crippen LogP) is 4.70. The van der Waals surface area contributed by atoms with Gasteiger partial charge in [-0.05, 0) is 12.1 Å². The Kier molecular flexibility index (Phi) is 6.62. The van der Waals surface area contributed by atoms with Crippen LogP contribution in [-0.4, -0.2) is 47.9 Å². The van der Waals surface area contributed by atoms with Crippen molar-refractivity contribution in [1.29, 1.82) is 0 Å². The van der Waals surface area contributed by atoms with Gasteiger partial charge in [-0.1, -0.05) is 12.1 Å². The average molecular weight is 416 g/mol. The van der Waals surface area contributed by atoms with Gasteiger partial charge in [-0.15, -0.1) is 0 Å². The molecule has 154 valence electrons. The van der Waals surface area contributed by atoms with Crippen molar-refractivity contribution in [2.24, 2.45) is 0 Å². The van der Waals surface area contributed by atoms with Crippen LogP contribution in [0.25, 0.3) is 11.4 Å². The summed E-state index contributed by atoms with van der Waals surface area (Å²) in [5, 5.41) is 0. The van der Waals surface area contributed by atoms with Crippen LogP contribution in [0.3, 0.4) is 0 Å². The van der Waals surface area contributed by atoms with Gasteiger partial charge >= 0.3 is 24.7 Å². The number of aromatic nitrogens is 2. The highest BCUT2D eigenvalue weighted by Crippen LogP contribution is 2.26. The first kappa shape index (κ1) is 21.6. The molecular weight excluding hydrogens is 404 g/mol. The molecule has 0 aliphatic carbocycles. The predicted molar refractivity (Wildman–Crippen MR) is 80.4 cm³/mol. The van der Waals surface area contributed by atoms with Gasteiger partial charge in [0, 0.05) is 12.1 Å². The Hall–Kier alpha value is -2.66. The second-order valence-corrected chi connectivity index (χ2v) is 5.42. The van der Waals surface area contributed by atoms with E-state index in [2.05, 4.69) is 19.4 Å². The van der Waals surface area contributed by atoms with Crippen molar-refractivity contribution < 1.29 is 44.6 Å². The molecule has 28 heavy (non-hydrogen) atoms. The third-order valence-electron chi connectivity index (χ3n) is 3.17. The fraction of sp³-hybridized carbons (Fsp3) is 0.375. The molecule has 0 fully saturated rings. The van der Waals surface area contributed by atoms with Crippen molar-refractivity contribution in [3.63, 3.8) is 0 Å². The van der Waals surface area contributed by atoms with Crippen molar-refractivity contribution in [3.05, 3.63) is 36.4 Å². The lowest BCUT2D eigenvalue weighted by molar-refractivity contribution is -0.148. The number of rotatable bonds is 9. The number of alkyl halides is 8. The number of halogens is 8. The number of nitrogens with zero attached hydrogens (tertiary/aromatic N) is 2. The SMILES string of the molecule is FC(F)C(F)(F)COc1cccc(-c2cccc(OCC(F)(F)C(F)F)n2)n1. The largest absolute Gasteiger partial charge is 0.471 e. The molecule has 0 aromatic carbocycles. The molecular formula is C16H12F8N2O2. The molecule has 0 radical (unpaired) electrons. The molecule has 0 aliphatic heterocycles. The van der Waals surface area contributed by atoms with Gasteiger partial charge in [0.2, 0.25) is 11.8 Å². The van der Waals surface area contributed by atoms with E-state index in [9.17, 15) is 35.1 Å². The molecule has 2 rings (SSSR count). The normalized spacial score (nSPS) is 12.5. The monoisotopic (exact) mass is 416 g/mol. The van der Waals surface area contributed by atoms with Crippen LogP contribution in [0.4, 0.5) is 35.1 Å². The Bertz CT molecular complexity index is 723. The van der Waals surface area contributed by atoms with E-state index < -0.39 is 49.7 Å². The molecule has 0 saturated heterocycles. The highest BCUT2D eigenvalue weighted by molar-refractivity contribution is 5.55. The summed E-state index contributed by atoms with van der Waals surface area (Å²) in [5.41, 5.74) is 0.0351. The fourth-order valence-corrected chi connectivity index (χ4v) is 1.74. The molecule has 0 N–H and O–H groups in total. The van der Waals surface area contributed by atoms with Crippen LogP contribution in [0.5, 0.6) is 11.8 Å². The van der Waals surface area contributed by atoms with E-state index in [1.165, 1.54) is 24.3 Å². The topological polar surface area (TPSA) is 44.2 Å². The highest BCUT2D eigenvalue weighted by Gasteiger charge is 2.42. The molecule has 0 unspecified atom stereocenters. The summed E-state index contributed by atoms with van der Waals surface area (Å²) in [6.07, 6.45) is -7.84. The first-order valence-corrected chi connectivity index (χ1v) is 7.53. The molecule has 0 saturated carbocycles. The van der Waals surface area contributed by atoms with Crippen LogP contribution in [0.1, 0.15) is 0 Å². The summed E-state index contributed by atoms with van der Waals surface area (Å²) in [6, 6.07) is 7.57. The van der Waals surface area contributed by atoms with Crippen molar-refractivity contribution in [2.45, 2.75) is 24.7 Å². The molecule has 2 aromatic rings. The van der Waals surface area contributed by atoms with Gasteiger partial charge in [0.15, 0.2) is 13.2 Å². The molecule has 0 bridgehead atoms. The van der Waals surface area contributed by atoms with Crippen LogP contribution >= 0.6 is 0 Å². The van der Waals surface area contributed by atoms with Crippen molar-refractivity contribution in [3.8, 4) is 23.1 Å². The van der Waals surface area contributed by atoms with Crippen molar-refractivity contribution in [1.82, 2.24) is 9.97 Å². The lowest BCUT2D eigenvalue weighted by atomic mass is 10.2. The fourth-order valence-electron chi connectivity index (χ4n) is 1.74. The van der Waals surface area contributed by atoms with Gasteiger partial charge in [-0.2, -0.15) is 17.6 Å². The summed E-state index contributed by atoms with van der Waals surface area (Å²) >= 11 is 0. The van der Waals surface area contributed by atoms with Crippen molar-refractivity contribution in [2.75, 3.05) is 13.2 Å². The number of hydrogen-bond acceptors (Lipinski definition) is 4. The minimum absolute atomic E-state index is 0.0175. The molecule has 2 aromatic heterocycles. The van der Waals surface area contributed by atoms with Crippen LogP contribution in [0, 0.1) is 0 Å². The van der Waals surface area contributed by atoms with E-state index >= 15 is 0 Å². The van der Waals surface area contributed by atoms with Gasteiger partial charge in [-0.3, -0.25) is 0 Å². The summed E-state index contributed by atoms with van der Waals surface area (Å²) in [7, 11) is 0. The maximum Gasteiger partial charge on any atom is 0.340 e. The number of hydrogen-bond donors (Lipinski definition) is 0. The summed E-state index contributed by atoms with van der Waals surface area (Å²) in [5.74, 6) is -9.57. The van der Waals surface area contributed by atoms with E-state index in [-0.39, 0.29) is 11.4 Å². The number of pyridine rings is 2.